The minimum absolute atomic E-state index is 0.133. The van der Waals surface area contributed by atoms with E-state index in [-0.39, 0.29) is 5.78 Å². The van der Waals surface area contributed by atoms with Crippen molar-refractivity contribution in [2.45, 2.75) is 6.42 Å². The van der Waals surface area contributed by atoms with Crippen molar-refractivity contribution < 1.29 is 9.21 Å². The van der Waals surface area contributed by atoms with Gasteiger partial charge in [-0.05, 0) is 39.0 Å². The van der Waals surface area contributed by atoms with Crippen molar-refractivity contribution in [2.24, 2.45) is 5.92 Å². The molecule has 1 saturated heterocycles. The van der Waals surface area contributed by atoms with E-state index in [0.29, 0.717) is 18.0 Å². The van der Waals surface area contributed by atoms with Crippen LogP contribution in [0.25, 0.3) is 11.0 Å². The van der Waals surface area contributed by atoms with Crippen molar-refractivity contribution in [3.05, 3.63) is 36.1 Å². The second kappa shape index (κ2) is 6.00. The van der Waals surface area contributed by atoms with Crippen molar-refractivity contribution in [1.29, 1.82) is 0 Å². The van der Waals surface area contributed by atoms with Crippen LogP contribution >= 0.6 is 0 Å². The molecule has 0 spiro atoms. The van der Waals surface area contributed by atoms with Crippen molar-refractivity contribution in [3.8, 4) is 0 Å². The van der Waals surface area contributed by atoms with Crippen LogP contribution in [0.15, 0.2) is 34.9 Å². The summed E-state index contributed by atoms with van der Waals surface area (Å²) in [5, 5.41) is 0.913. The predicted octanol–water partition coefficient (Wildman–Crippen LogP) is 2.50. The standard InChI is InChI=1S/C17H22N2O2/c1-18-8-7-13(9-18)10-19(2)11-16(20)15-12-21-17-6-4-3-5-14(15)17/h3-6,12-13H,7-11H2,1-2H3. The van der Waals surface area contributed by atoms with Gasteiger partial charge in [-0.2, -0.15) is 0 Å². The molecular formula is C17H22N2O2. The van der Waals surface area contributed by atoms with Gasteiger partial charge in [0.1, 0.15) is 11.8 Å². The molecule has 112 valence electrons. The van der Waals surface area contributed by atoms with E-state index in [2.05, 4.69) is 16.8 Å². The molecule has 0 N–H and O–H groups in total. The van der Waals surface area contributed by atoms with Gasteiger partial charge in [0.15, 0.2) is 5.78 Å². The monoisotopic (exact) mass is 286 g/mol. The molecule has 0 bridgehead atoms. The first-order chi connectivity index (χ1) is 10.1. The topological polar surface area (TPSA) is 36.7 Å². The SMILES string of the molecule is CN1CCC(CN(C)CC(=O)c2coc3ccccc23)C1. The number of fused-ring (bicyclic) bond motifs is 1. The molecule has 1 atom stereocenters. The Morgan fingerprint density at radius 1 is 1.43 bits per heavy atom. The van der Waals surface area contributed by atoms with Crippen LogP contribution in [0.3, 0.4) is 0 Å². The zero-order valence-corrected chi connectivity index (χ0v) is 12.7. The number of likely N-dealkylation sites (N-methyl/N-ethyl adjacent to an activating group) is 1. The lowest BCUT2D eigenvalue weighted by Crippen LogP contribution is -2.31. The fraction of sp³-hybridized carbons (Fsp3) is 0.471. The van der Waals surface area contributed by atoms with Crippen LogP contribution in [0.1, 0.15) is 16.8 Å². The van der Waals surface area contributed by atoms with Gasteiger partial charge in [-0.3, -0.25) is 9.69 Å². The molecule has 1 fully saturated rings. The Balaban J connectivity index is 1.63. The number of likely N-dealkylation sites (tertiary alicyclic amines) is 1. The summed E-state index contributed by atoms with van der Waals surface area (Å²) >= 11 is 0. The molecule has 21 heavy (non-hydrogen) atoms. The molecule has 1 aliphatic heterocycles. The Kier molecular flexibility index (Phi) is 4.08. The van der Waals surface area contributed by atoms with E-state index >= 15 is 0 Å². The van der Waals surface area contributed by atoms with Gasteiger partial charge in [0.2, 0.25) is 0 Å². The Labute approximate surface area is 125 Å². The largest absolute Gasteiger partial charge is 0.464 e. The first-order valence-corrected chi connectivity index (χ1v) is 7.50. The highest BCUT2D eigenvalue weighted by Crippen LogP contribution is 2.21. The van der Waals surface area contributed by atoms with Gasteiger partial charge in [-0.15, -0.1) is 0 Å². The summed E-state index contributed by atoms with van der Waals surface area (Å²) in [4.78, 5) is 16.9. The number of furan rings is 1. The molecule has 1 aromatic heterocycles. The summed E-state index contributed by atoms with van der Waals surface area (Å²) in [5.74, 6) is 0.808. The van der Waals surface area contributed by atoms with E-state index < -0.39 is 0 Å². The zero-order chi connectivity index (χ0) is 14.8. The van der Waals surface area contributed by atoms with Crippen LogP contribution in [0.5, 0.6) is 0 Å². The number of hydrogen-bond acceptors (Lipinski definition) is 4. The van der Waals surface area contributed by atoms with Gasteiger partial charge in [0, 0.05) is 18.5 Å². The van der Waals surface area contributed by atoms with Gasteiger partial charge in [-0.25, -0.2) is 0 Å². The molecule has 4 nitrogen and oxygen atoms in total. The summed E-state index contributed by atoms with van der Waals surface area (Å²) in [6.07, 6.45) is 2.81. The van der Waals surface area contributed by atoms with Crippen molar-refractivity contribution in [3.63, 3.8) is 0 Å². The Hall–Kier alpha value is -1.65. The maximum atomic E-state index is 12.5. The molecule has 2 aromatic rings. The smallest absolute Gasteiger partial charge is 0.180 e. The molecule has 0 aliphatic carbocycles. The second-order valence-corrected chi connectivity index (χ2v) is 6.18. The third kappa shape index (κ3) is 3.17. The molecule has 3 rings (SSSR count). The minimum Gasteiger partial charge on any atom is -0.464 e. The van der Waals surface area contributed by atoms with Crippen molar-refractivity contribution >= 4 is 16.8 Å². The lowest BCUT2D eigenvalue weighted by molar-refractivity contribution is 0.0939. The number of rotatable bonds is 5. The van der Waals surface area contributed by atoms with Crippen LogP contribution in [-0.2, 0) is 0 Å². The van der Waals surface area contributed by atoms with Crippen LogP contribution in [0.4, 0.5) is 0 Å². The number of nitrogens with zero attached hydrogens (tertiary/aromatic N) is 2. The number of benzene rings is 1. The number of Topliss-reactive ketones (excluding diaryl/α,β-unsaturated/α-hetero) is 1. The Bertz CT molecular complexity index is 635. The number of carbonyl (C=O) groups excluding carboxylic acids is 1. The molecule has 1 unspecified atom stereocenters. The fourth-order valence-electron chi connectivity index (χ4n) is 3.20. The van der Waals surface area contributed by atoms with Gasteiger partial charge in [0.25, 0.3) is 0 Å². The molecule has 0 radical (unpaired) electrons. The number of hydrogen-bond donors (Lipinski definition) is 0. The molecule has 1 aliphatic rings. The molecular weight excluding hydrogens is 264 g/mol. The maximum Gasteiger partial charge on any atom is 0.180 e. The molecule has 1 aromatic carbocycles. The lowest BCUT2D eigenvalue weighted by atomic mass is 10.1. The molecule has 0 amide bonds. The Morgan fingerprint density at radius 3 is 3.00 bits per heavy atom. The Morgan fingerprint density at radius 2 is 2.24 bits per heavy atom. The van der Waals surface area contributed by atoms with Crippen molar-refractivity contribution in [2.75, 3.05) is 40.3 Å². The number of ketones is 1. The van der Waals surface area contributed by atoms with Crippen molar-refractivity contribution in [1.82, 2.24) is 9.80 Å². The highest BCUT2D eigenvalue weighted by Gasteiger charge is 2.22. The average molecular weight is 286 g/mol. The predicted molar refractivity (Wildman–Crippen MR) is 83.6 cm³/mol. The van der Waals surface area contributed by atoms with Gasteiger partial charge in [-0.1, -0.05) is 18.2 Å². The van der Waals surface area contributed by atoms with Gasteiger partial charge in [0.05, 0.1) is 12.1 Å². The van der Waals surface area contributed by atoms with Crippen LogP contribution < -0.4 is 0 Å². The third-order valence-electron chi connectivity index (χ3n) is 4.25. The summed E-state index contributed by atoms with van der Waals surface area (Å²) in [5.41, 5.74) is 1.47. The van der Waals surface area contributed by atoms with Gasteiger partial charge >= 0.3 is 0 Å². The zero-order valence-electron chi connectivity index (χ0n) is 12.7. The summed E-state index contributed by atoms with van der Waals surface area (Å²) in [7, 11) is 4.18. The summed E-state index contributed by atoms with van der Waals surface area (Å²) < 4.78 is 5.45. The first kappa shape index (κ1) is 14.3. The second-order valence-electron chi connectivity index (χ2n) is 6.18. The summed E-state index contributed by atoms with van der Waals surface area (Å²) in [6, 6.07) is 7.69. The van der Waals surface area contributed by atoms with E-state index in [1.807, 2.05) is 31.3 Å². The fourth-order valence-corrected chi connectivity index (χ4v) is 3.20. The van der Waals surface area contributed by atoms with E-state index in [1.54, 1.807) is 6.26 Å². The highest BCUT2D eigenvalue weighted by molar-refractivity contribution is 6.08. The first-order valence-electron chi connectivity index (χ1n) is 7.50. The van der Waals surface area contributed by atoms with E-state index in [1.165, 1.54) is 13.0 Å². The van der Waals surface area contributed by atoms with Crippen LogP contribution in [0, 0.1) is 5.92 Å². The number of para-hydroxylation sites is 1. The van der Waals surface area contributed by atoms with Crippen LogP contribution in [0.2, 0.25) is 0 Å². The maximum absolute atomic E-state index is 12.5. The van der Waals surface area contributed by atoms with Crippen LogP contribution in [-0.4, -0.2) is 55.9 Å². The molecule has 0 saturated carbocycles. The third-order valence-corrected chi connectivity index (χ3v) is 4.25. The van der Waals surface area contributed by atoms with Gasteiger partial charge < -0.3 is 9.32 Å². The van der Waals surface area contributed by atoms with E-state index in [9.17, 15) is 4.79 Å². The van der Waals surface area contributed by atoms with E-state index in [4.69, 9.17) is 4.42 Å². The normalized spacial score (nSPS) is 19.7. The number of carbonyl (C=O) groups is 1. The quantitative estimate of drug-likeness (QED) is 0.791. The molecule has 4 heteroatoms. The molecule has 2 heterocycles. The van der Waals surface area contributed by atoms with E-state index in [0.717, 1.165) is 24.1 Å². The highest BCUT2D eigenvalue weighted by atomic mass is 16.3. The summed E-state index contributed by atoms with van der Waals surface area (Å²) in [6.45, 7) is 3.72. The average Bonchev–Trinajstić information content (AvgIpc) is 3.04. The minimum atomic E-state index is 0.133. The lowest BCUT2D eigenvalue weighted by Gasteiger charge is -2.19.